The van der Waals surface area contributed by atoms with Gasteiger partial charge in [0.2, 0.25) is 5.91 Å². The van der Waals surface area contributed by atoms with Gasteiger partial charge in [-0.15, -0.1) is 0 Å². The summed E-state index contributed by atoms with van der Waals surface area (Å²) in [5.41, 5.74) is 0.367. The summed E-state index contributed by atoms with van der Waals surface area (Å²) in [6, 6.07) is 0.298. The molecule has 1 saturated heterocycles. The molecule has 2 fully saturated rings. The molecule has 3 nitrogen and oxygen atoms in total. The maximum Gasteiger partial charge on any atom is 0.223 e. The lowest BCUT2D eigenvalue weighted by molar-refractivity contribution is -0.124. The normalized spacial score (nSPS) is 29.1. The molecule has 3 heteroatoms. The zero-order valence-corrected chi connectivity index (χ0v) is 10.7. The van der Waals surface area contributed by atoms with Crippen LogP contribution in [-0.2, 0) is 4.79 Å². The van der Waals surface area contributed by atoms with E-state index in [2.05, 4.69) is 31.4 Å². The summed E-state index contributed by atoms with van der Waals surface area (Å²) >= 11 is 0. The lowest BCUT2D eigenvalue weighted by Gasteiger charge is -2.24. The van der Waals surface area contributed by atoms with Gasteiger partial charge in [-0.25, -0.2) is 0 Å². The molecule has 1 saturated carbocycles. The molecule has 1 aliphatic heterocycles. The fourth-order valence-corrected chi connectivity index (χ4v) is 2.69. The van der Waals surface area contributed by atoms with Gasteiger partial charge in [-0.3, -0.25) is 4.79 Å². The molecule has 1 heterocycles. The molecule has 0 aromatic heterocycles. The number of rotatable bonds is 3. The van der Waals surface area contributed by atoms with Crippen molar-refractivity contribution >= 4 is 5.91 Å². The van der Waals surface area contributed by atoms with Crippen molar-refractivity contribution in [3.63, 3.8) is 0 Å². The first kappa shape index (κ1) is 11.9. The largest absolute Gasteiger partial charge is 0.353 e. The molecule has 2 atom stereocenters. The SMILES string of the molecule is CC(C)C(C)NC(=O)C1CC12CCNCC2. The van der Waals surface area contributed by atoms with Crippen LogP contribution in [0.5, 0.6) is 0 Å². The third-order valence-electron chi connectivity index (χ3n) is 4.48. The van der Waals surface area contributed by atoms with Gasteiger partial charge in [-0.2, -0.15) is 0 Å². The van der Waals surface area contributed by atoms with Gasteiger partial charge in [0.05, 0.1) is 0 Å². The summed E-state index contributed by atoms with van der Waals surface area (Å²) in [6.45, 7) is 8.57. The summed E-state index contributed by atoms with van der Waals surface area (Å²) in [6.07, 6.45) is 3.48. The molecule has 0 aromatic carbocycles. The zero-order valence-electron chi connectivity index (χ0n) is 10.7. The Morgan fingerprint density at radius 1 is 1.31 bits per heavy atom. The highest BCUT2D eigenvalue weighted by Crippen LogP contribution is 2.58. The molecule has 0 aromatic rings. The first-order valence-corrected chi connectivity index (χ1v) is 6.56. The fraction of sp³-hybridized carbons (Fsp3) is 0.923. The Balaban J connectivity index is 1.84. The highest BCUT2D eigenvalue weighted by Gasteiger charge is 2.57. The van der Waals surface area contributed by atoms with Crippen molar-refractivity contribution in [3.05, 3.63) is 0 Å². The van der Waals surface area contributed by atoms with Gasteiger partial charge in [0.1, 0.15) is 0 Å². The maximum atomic E-state index is 12.1. The quantitative estimate of drug-likeness (QED) is 0.763. The van der Waals surface area contributed by atoms with Crippen molar-refractivity contribution in [1.82, 2.24) is 10.6 Å². The molecule has 1 amide bonds. The highest BCUT2D eigenvalue weighted by atomic mass is 16.2. The molecular weight excluding hydrogens is 200 g/mol. The Morgan fingerprint density at radius 2 is 1.94 bits per heavy atom. The second-order valence-corrected chi connectivity index (χ2v) is 5.91. The maximum absolute atomic E-state index is 12.1. The van der Waals surface area contributed by atoms with Crippen molar-refractivity contribution < 1.29 is 4.79 Å². The molecule has 2 rings (SSSR count). The Labute approximate surface area is 98.4 Å². The summed E-state index contributed by atoms with van der Waals surface area (Å²) in [5, 5.41) is 6.52. The first-order chi connectivity index (χ1) is 7.55. The van der Waals surface area contributed by atoms with Gasteiger partial charge >= 0.3 is 0 Å². The molecule has 1 aliphatic carbocycles. The van der Waals surface area contributed by atoms with Crippen LogP contribution in [0.15, 0.2) is 0 Å². The van der Waals surface area contributed by atoms with Gasteiger partial charge in [0.15, 0.2) is 0 Å². The summed E-state index contributed by atoms with van der Waals surface area (Å²) in [4.78, 5) is 12.1. The predicted octanol–water partition coefficient (Wildman–Crippen LogP) is 1.54. The molecule has 1 spiro atoms. The van der Waals surface area contributed by atoms with E-state index in [1.54, 1.807) is 0 Å². The smallest absolute Gasteiger partial charge is 0.223 e. The first-order valence-electron chi connectivity index (χ1n) is 6.56. The van der Waals surface area contributed by atoms with Crippen LogP contribution in [0.1, 0.15) is 40.0 Å². The molecule has 2 aliphatic rings. The minimum atomic E-state index is 0.295. The molecular formula is C13H24N2O. The van der Waals surface area contributed by atoms with E-state index >= 15 is 0 Å². The topological polar surface area (TPSA) is 41.1 Å². The number of carbonyl (C=O) groups excluding carboxylic acids is 1. The fourth-order valence-electron chi connectivity index (χ4n) is 2.69. The van der Waals surface area contributed by atoms with Gasteiger partial charge < -0.3 is 10.6 Å². The van der Waals surface area contributed by atoms with Crippen LogP contribution in [0, 0.1) is 17.3 Å². The second kappa shape index (κ2) is 4.36. The summed E-state index contributed by atoms with van der Waals surface area (Å²) in [5.74, 6) is 1.12. The number of piperidine rings is 1. The van der Waals surface area contributed by atoms with Crippen molar-refractivity contribution in [1.29, 1.82) is 0 Å². The van der Waals surface area contributed by atoms with E-state index < -0.39 is 0 Å². The van der Waals surface area contributed by atoms with Gasteiger partial charge in [0.25, 0.3) is 0 Å². The van der Waals surface area contributed by atoms with E-state index in [-0.39, 0.29) is 0 Å². The lowest BCUT2D eigenvalue weighted by atomic mass is 9.91. The predicted molar refractivity (Wildman–Crippen MR) is 65.1 cm³/mol. The standard InChI is InChI=1S/C13H24N2O/c1-9(2)10(3)15-12(16)11-8-13(11)4-6-14-7-5-13/h9-11,14H,4-8H2,1-3H3,(H,15,16). The Morgan fingerprint density at radius 3 is 2.50 bits per heavy atom. The second-order valence-electron chi connectivity index (χ2n) is 5.91. The highest BCUT2D eigenvalue weighted by molar-refractivity contribution is 5.82. The van der Waals surface area contributed by atoms with Crippen LogP contribution in [0.2, 0.25) is 0 Å². The summed E-state index contributed by atoms with van der Waals surface area (Å²) in [7, 11) is 0. The Hall–Kier alpha value is -0.570. The van der Waals surface area contributed by atoms with Crippen LogP contribution in [0.25, 0.3) is 0 Å². The minimum Gasteiger partial charge on any atom is -0.353 e. The van der Waals surface area contributed by atoms with E-state index in [0.29, 0.717) is 29.2 Å². The van der Waals surface area contributed by atoms with E-state index in [9.17, 15) is 4.79 Å². The number of carbonyl (C=O) groups is 1. The average molecular weight is 224 g/mol. The van der Waals surface area contributed by atoms with Gasteiger partial charge in [0, 0.05) is 12.0 Å². The molecule has 16 heavy (non-hydrogen) atoms. The Kier molecular flexibility index (Phi) is 3.24. The minimum absolute atomic E-state index is 0.295. The van der Waals surface area contributed by atoms with Crippen LogP contribution in [0.3, 0.4) is 0 Å². The van der Waals surface area contributed by atoms with Crippen molar-refractivity contribution in [2.45, 2.75) is 46.1 Å². The molecule has 2 N–H and O–H groups in total. The van der Waals surface area contributed by atoms with Gasteiger partial charge in [-0.05, 0) is 50.6 Å². The number of hydrogen-bond donors (Lipinski definition) is 2. The molecule has 0 bridgehead atoms. The molecule has 0 radical (unpaired) electrons. The van der Waals surface area contributed by atoms with Gasteiger partial charge in [-0.1, -0.05) is 13.8 Å². The number of hydrogen-bond acceptors (Lipinski definition) is 2. The Bertz CT molecular complexity index is 269. The van der Waals surface area contributed by atoms with Crippen LogP contribution in [0.4, 0.5) is 0 Å². The third-order valence-corrected chi connectivity index (χ3v) is 4.48. The van der Waals surface area contributed by atoms with E-state index in [4.69, 9.17) is 0 Å². The lowest BCUT2D eigenvalue weighted by Crippen LogP contribution is -2.39. The van der Waals surface area contributed by atoms with Crippen molar-refractivity contribution in [2.24, 2.45) is 17.3 Å². The van der Waals surface area contributed by atoms with E-state index in [1.165, 1.54) is 12.8 Å². The monoisotopic (exact) mass is 224 g/mol. The summed E-state index contributed by atoms with van der Waals surface area (Å²) < 4.78 is 0. The average Bonchev–Trinajstić information content (AvgIpc) is 2.93. The van der Waals surface area contributed by atoms with Crippen LogP contribution in [-0.4, -0.2) is 25.0 Å². The zero-order chi connectivity index (χ0) is 11.8. The third kappa shape index (κ3) is 2.24. The number of amides is 1. The van der Waals surface area contributed by atoms with Crippen LogP contribution < -0.4 is 10.6 Å². The molecule has 2 unspecified atom stereocenters. The van der Waals surface area contributed by atoms with Crippen molar-refractivity contribution in [3.8, 4) is 0 Å². The molecule has 92 valence electrons. The van der Waals surface area contributed by atoms with E-state index in [0.717, 1.165) is 19.5 Å². The number of nitrogens with one attached hydrogen (secondary N) is 2. The van der Waals surface area contributed by atoms with Crippen LogP contribution >= 0.6 is 0 Å². The van der Waals surface area contributed by atoms with Crippen molar-refractivity contribution in [2.75, 3.05) is 13.1 Å². The van der Waals surface area contributed by atoms with E-state index in [1.807, 2.05) is 0 Å².